The van der Waals surface area contributed by atoms with Gasteiger partial charge in [-0.25, -0.2) is 0 Å². The van der Waals surface area contributed by atoms with Gasteiger partial charge in [-0.3, -0.25) is 9.59 Å². The molecule has 1 aromatic heterocycles. The number of anilines is 1. The van der Waals surface area contributed by atoms with Crippen molar-refractivity contribution < 1.29 is 14.3 Å². The largest absolute Gasteiger partial charge is 0.456 e. The zero-order valence-corrected chi connectivity index (χ0v) is 13.4. The van der Waals surface area contributed by atoms with Crippen LogP contribution < -0.4 is 4.90 Å². The van der Waals surface area contributed by atoms with Crippen LogP contribution in [0.3, 0.4) is 0 Å². The maximum atomic E-state index is 12.0. The third-order valence-corrected chi connectivity index (χ3v) is 4.01. The summed E-state index contributed by atoms with van der Waals surface area (Å²) >= 11 is 5.66. The molecule has 1 aromatic rings. The van der Waals surface area contributed by atoms with Crippen LogP contribution >= 0.6 is 11.6 Å². The van der Waals surface area contributed by atoms with E-state index in [0.29, 0.717) is 5.82 Å². The number of halogens is 1. The summed E-state index contributed by atoms with van der Waals surface area (Å²) in [6, 6.07) is 3.26. The van der Waals surface area contributed by atoms with E-state index in [4.69, 9.17) is 16.3 Å². The number of carbonyl (C=O) groups excluding carboxylic acids is 2. The maximum Gasteiger partial charge on any atom is 0.326 e. The minimum absolute atomic E-state index is 0.00819. The van der Waals surface area contributed by atoms with Crippen molar-refractivity contribution in [3.63, 3.8) is 0 Å². The van der Waals surface area contributed by atoms with Crippen LogP contribution in [0.4, 0.5) is 5.82 Å². The highest BCUT2D eigenvalue weighted by Gasteiger charge is 2.22. The number of ketones is 1. The molecule has 7 heteroatoms. The molecule has 0 N–H and O–H groups in total. The topological polar surface area (TPSA) is 72.4 Å². The van der Waals surface area contributed by atoms with E-state index >= 15 is 0 Å². The quantitative estimate of drug-likeness (QED) is 0.747. The number of aromatic nitrogens is 2. The van der Waals surface area contributed by atoms with Crippen LogP contribution in [-0.2, 0) is 14.3 Å². The maximum absolute atomic E-state index is 12.0. The lowest BCUT2D eigenvalue weighted by atomic mass is 9.86. The summed E-state index contributed by atoms with van der Waals surface area (Å²) in [6.07, 6.45) is 5.19. The third kappa shape index (κ3) is 4.94. The first-order valence-electron chi connectivity index (χ1n) is 7.45. The molecule has 0 bridgehead atoms. The Morgan fingerprint density at radius 1 is 1.27 bits per heavy atom. The summed E-state index contributed by atoms with van der Waals surface area (Å²) in [6.45, 7) is -0.127. The number of hydrogen-bond acceptors (Lipinski definition) is 6. The van der Waals surface area contributed by atoms with Gasteiger partial charge in [0.1, 0.15) is 13.2 Å². The first-order valence-corrected chi connectivity index (χ1v) is 7.83. The van der Waals surface area contributed by atoms with Crippen molar-refractivity contribution in [2.75, 3.05) is 25.1 Å². The summed E-state index contributed by atoms with van der Waals surface area (Å²) in [7, 11) is 1.70. The second-order valence-corrected chi connectivity index (χ2v) is 5.92. The Hall–Kier alpha value is -1.69. The van der Waals surface area contributed by atoms with Crippen LogP contribution in [0.5, 0.6) is 0 Å². The van der Waals surface area contributed by atoms with Crippen molar-refractivity contribution >= 4 is 29.2 Å². The van der Waals surface area contributed by atoms with Crippen molar-refractivity contribution in [1.29, 1.82) is 0 Å². The molecule has 0 amide bonds. The van der Waals surface area contributed by atoms with Crippen LogP contribution in [0.1, 0.15) is 32.1 Å². The Kier molecular flexibility index (Phi) is 6.12. The number of rotatable bonds is 6. The number of nitrogens with zero attached hydrogens (tertiary/aromatic N) is 3. The van der Waals surface area contributed by atoms with Gasteiger partial charge in [-0.15, -0.1) is 10.2 Å². The summed E-state index contributed by atoms with van der Waals surface area (Å²) in [5.74, 6) is 0.145. The number of Topliss-reactive ketones (excluding diaryl/α,β-unsaturated/α-hetero) is 1. The number of ether oxygens (including phenoxy) is 1. The zero-order chi connectivity index (χ0) is 15.9. The molecule has 22 heavy (non-hydrogen) atoms. The van der Waals surface area contributed by atoms with Gasteiger partial charge in [-0.1, -0.05) is 30.9 Å². The smallest absolute Gasteiger partial charge is 0.326 e. The van der Waals surface area contributed by atoms with Gasteiger partial charge in [-0.05, 0) is 25.0 Å². The van der Waals surface area contributed by atoms with Crippen LogP contribution in [-0.4, -0.2) is 42.1 Å². The Bertz CT molecular complexity index is 515. The molecule has 0 aliphatic heterocycles. The van der Waals surface area contributed by atoms with Gasteiger partial charge < -0.3 is 9.64 Å². The zero-order valence-electron chi connectivity index (χ0n) is 12.6. The van der Waals surface area contributed by atoms with E-state index in [1.807, 2.05) is 0 Å². The summed E-state index contributed by atoms with van der Waals surface area (Å²) in [4.78, 5) is 25.4. The highest BCUT2D eigenvalue weighted by Crippen LogP contribution is 2.24. The minimum Gasteiger partial charge on any atom is -0.456 e. The fourth-order valence-corrected chi connectivity index (χ4v) is 2.63. The van der Waals surface area contributed by atoms with Crippen LogP contribution in [0.2, 0.25) is 5.15 Å². The molecule has 1 fully saturated rings. The van der Waals surface area contributed by atoms with E-state index < -0.39 is 5.97 Å². The highest BCUT2D eigenvalue weighted by atomic mass is 35.5. The lowest BCUT2D eigenvalue weighted by molar-refractivity contribution is -0.147. The average molecular weight is 326 g/mol. The third-order valence-electron chi connectivity index (χ3n) is 3.81. The number of esters is 1. The molecule has 0 unspecified atom stereocenters. The predicted octanol–water partition coefficient (Wildman–Crippen LogP) is 2.26. The normalized spacial score (nSPS) is 15.4. The van der Waals surface area contributed by atoms with E-state index in [1.54, 1.807) is 24.1 Å². The predicted molar refractivity (Wildman–Crippen MR) is 82.9 cm³/mol. The number of carbonyl (C=O) groups is 2. The molecule has 0 atom stereocenters. The van der Waals surface area contributed by atoms with E-state index in [2.05, 4.69) is 10.2 Å². The van der Waals surface area contributed by atoms with Crippen LogP contribution in [0.15, 0.2) is 12.1 Å². The molecule has 0 saturated heterocycles. The molecule has 2 rings (SSSR count). The van der Waals surface area contributed by atoms with Gasteiger partial charge in [-0.2, -0.15) is 0 Å². The molecule has 1 aliphatic rings. The molecule has 6 nitrogen and oxygen atoms in total. The molecule has 120 valence electrons. The Morgan fingerprint density at radius 3 is 2.64 bits per heavy atom. The monoisotopic (exact) mass is 325 g/mol. The van der Waals surface area contributed by atoms with E-state index in [-0.39, 0.29) is 30.0 Å². The van der Waals surface area contributed by atoms with E-state index in [0.717, 1.165) is 25.7 Å². The molecule has 0 aromatic carbocycles. The number of likely N-dealkylation sites (N-methyl/N-ethyl adjacent to an activating group) is 1. The van der Waals surface area contributed by atoms with Crippen molar-refractivity contribution in [3.05, 3.63) is 17.3 Å². The van der Waals surface area contributed by atoms with E-state index in [1.165, 1.54) is 6.42 Å². The molecule has 1 saturated carbocycles. The highest BCUT2D eigenvalue weighted by molar-refractivity contribution is 6.29. The van der Waals surface area contributed by atoms with Crippen LogP contribution in [0, 0.1) is 5.92 Å². The van der Waals surface area contributed by atoms with Crippen molar-refractivity contribution in [1.82, 2.24) is 10.2 Å². The first-order chi connectivity index (χ1) is 10.6. The Morgan fingerprint density at radius 2 is 2.00 bits per heavy atom. The fourth-order valence-electron chi connectivity index (χ4n) is 2.53. The molecular weight excluding hydrogens is 306 g/mol. The lowest BCUT2D eigenvalue weighted by Crippen LogP contribution is -2.30. The van der Waals surface area contributed by atoms with Gasteiger partial charge in [0.05, 0.1) is 0 Å². The van der Waals surface area contributed by atoms with Gasteiger partial charge >= 0.3 is 5.97 Å². The van der Waals surface area contributed by atoms with Gasteiger partial charge in [0.15, 0.2) is 16.8 Å². The fraction of sp³-hybridized carbons (Fsp3) is 0.600. The SMILES string of the molecule is CN(CC(=O)OCC(=O)C1CCCCC1)c1ccc(Cl)nn1. The first kappa shape index (κ1) is 16.7. The second kappa shape index (κ2) is 8.08. The van der Waals surface area contributed by atoms with Crippen LogP contribution in [0.25, 0.3) is 0 Å². The van der Waals surface area contributed by atoms with E-state index in [9.17, 15) is 9.59 Å². The summed E-state index contributed by atoms with van der Waals surface area (Å²) in [5, 5.41) is 7.87. The minimum atomic E-state index is -0.455. The molecule has 0 spiro atoms. The molecular formula is C15H20ClN3O3. The van der Waals surface area contributed by atoms with Gasteiger partial charge in [0.2, 0.25) is 0 Å². The van der Waals surface area contributed by atoms with Crippen molar-refractivity contribution in [3.8, 4) is 0 Å². The standard InChI is InChI=1S/C15H20ClN3O3/c1-19(14-8-7-13(16)17-18-14)9-15(21)22-10-12(20)11-5-3-2-4-6-11/h7-8,11H,2-6,9-10H2,1H3. The average Bonchev–Trinajstić information content (AvgIpc) is 2.54. The second-order valence-electron chi connectivity index (χ2n) is 5.53. The Balaban J connectivity index is 1.75. The van der Waals surface area contributed by atoms with Gasteiger partial charge in [0.25, 0.3) is 0 Å². The van der Waals surface area contributed by atoms with Crippen molar-refractivity contribution in [2.24, 2.45) is 5.92 Å². The molecule has 1 aliphatic carbocycles. The van der Waals surface area contributed by atoms with Gasteiger partial charge in [0, 0.05) is 13.0 Å². The summed E-state index contributed by atoms with van der Waals surface area (Å²) in [5.41, 5.74) is 0. The van der Waals surface area contributed by atoms with Crippen molar-refractivity contribution in [2.45, 2.75) is 32.1 Å². The molecule has 1 heterocycles. The molecule has 0 radical (unpaired) electrons. The Labute approximate surface area is 134 Å². The number of hydrogen-bond donors (Lipinski definition) is 0. The lowest BCUT2D eigenvalue weighted by Gasteiger charge is -2.20. The summed E-state index contributed by atoms with van der Waals surface area (Å²) < 4.78 is 5.07.